The molecule has 0 aliphatic rings. The first-order chi connectivity index (χ1) is 17.3. The molecule has 20 heteroatoms. The van der Waals surface area contributed by atoms with Crippen LogP contribution in [-0.4, -0.2) is 101 Å². The van der Waals surface area contributed by atoms with E-state index in [0.717, 1.165) is 0 Å². The van der Waals surface area contributed by atoms with Crippen LogP contribution >= 0.6 is 0 Å². The molecule has 4 N–H and O–H groups in total. The number of halogens is 8. The predicted molar refractivity (Wildman–Crippen MR) is 107 cm³/mol. The van der Waals surface area contributed by atoms with Crippen molar-refractivity contribution in [3.63, 3.8) is 0 Å². The lowest BCUT2D eigenvalue weighted by Crippen LogP contribution is -2.57. The summed E-state index contributed by atoms with van der Waals surface area (Å²) in [5.41, 5.74) is 0. The van der Waals surface area contributed by atoms with E-state index in [0.29, 0.717) is 0 Å². The lowest BCUT2D eigenvalue weighted by molar-refractivity contribution is -0.499. The molecule has 0 aromatic rings. The third-order valence-electron chi connectivity index (χ3n) is 3.68. The van der Waals surface area contributed by atoms with Gasteiger partial charge in [0.15, 0.2) is 0 Å². The highest BCUT2D eigenvalue weighted by Gasteiger charge is 2.69. The smallest absolute Gasteiger partial charge is 0.378 e. The van der Waals surface area contributed by atoms with Crippen LogP contribution in [0.1, 0.15) is 13.8 Å². The quantitative estimate of drug-likeness (QED) is 0.123. The van der Waals surface area contributed by atoms with Crippen molar-refractivity contribution in [2.75, 3.05) is 52.6 Å². The summed E-state index contributed by atoms with van der Waals surface area (Å²) in [5.74, 6) is -6.11. The Morgan fingerprint density at radius 2 is 0.789 bits per heavy atom. The van der Waals surface area contributed by atoms with Gasteiger partial charge in [-0.1, -0.05) is 0 Å². The van der Waals surface area contributed by atoms with Crippen LogP contribution in [0.15, 0.2) is 0 Å². The Bertz CT molecular complexity index is 740. The fourth-order valence-electron chi connectivity index (χ4n) is 2.02. The third kappa shape index (κ3) is 13.6. The first-order valence-electron chi connectivity index (χ1n) is 10.5. The zero-order valence-corrected chi connectivity index (χ0v) is 19.9. The second-order valence-corrected chi connectivity index (χ2v) is 6.97. The summed E-state index contributed by atoms with van der Waals surface area (Å²) in [5, 5.41) is 7.24. The number of hydrogen-bond donors (Lipinski definition) is 4. The topological polar surface area (TPSA) is 153 Å². The summed E-state index contributed by atoms with van der Waals surface area (Å²) in [6.45, 7) is -0.275. The molecule has 0 saturated carbocycles. The van der Waals surface area contributed by atoms with Crippen molar-refractivity contribution >= 4 is 23.6 Å². The Hall–Kier alpha value is -2.84. The minimum atomic E-state index is -6.53. The van der Waals surface area contributed by atoms with E-state index in [2.05, 4.69) is 20.1 Å². The molecule has 0 rings (SSSR count). The van der Waals surface area contributed by atoms with Crippen LogP contribution in [-0.2, 0) is 38.1 Å². The van der Waals surface area contributed by atoms with Gasteiger partial charge >= 0.3 is 36.2 Å². The molecule has 0 aromatic heterocycles. The van der Waals surface area contributed by atoms with Crippen LogP contribution in [0.2, 0.25) is 0 Å². The molecule has 4 amide bonds. The van der Waals surface area contributed by atoms with Crippen LogP contribution in [0.3, 0.4) is 0 Å². The Kier molecular flexibility index (Phi) is 14.4. The standard InChI is InChI=1S/C18H26F8N4O8/c1-11(31)27-3-7-35-9-5-29-13(33)15(19,20)37-17(23,24)18(25,26)38-16(21,22)14(34)30-6-10-36-8-4-28-12(2)32/h3-10H2,1-2H3,(H,27,31)(H,28,32)(H,29,33)(H,30,34). The number of hydrogen-bond acceptors (Lipinski definition) is 8. The van der Waals surface area contributed by atoms with Gasteiger partial charge in [0.2, 0.25) is 11.8 Å². The van der Waals surface area contributed by atoms with Gasteiger partial charge in [-0.25, -0.2) is 9.47 Å². The summed E-state index contributed by atoms with van der Waals surface area (Å²) >= 11 is 0. The minimum absolute atomic E-state index is 0.0141. The van der Waals surface area contributed by atoms with Gasteiger partial charge in [-0.2, -0.15) is 35.1 Å². The molecule has 0 fully saturated rings. The summed E-state index contributed by atoms with van der Waals surface area (Å²) < 4.78 is 123. The van der Waals surface area contributed by atoms with Crippen molar-refractivity contribution in [2.24, 2.45) is 0 Å². The van der Waals surface area contributed by atoms with Crippen LogP contribution in [0.25, 0.3) is 0 Å². The van der Waals surface area contributed by atoms with Crippen LogP contribution in [0.5, 0.6) is 0 Å². The predicted octanol–water partition coefficient (Wildman–Crippen LogP) is -0.0714. The number of alkyl halides is 8. The van der Waals surface area contributed by atoms with Gasteiger partial charge in [0.1, 0.15) is 0 Å². The number of carbonyl (C=O) groups is 4. The van der Waals surface area contributed by atoms with Crippen molar-refractivity contribution in [2.45, 2.75) is 38.3 Å². The summed E-state index contributed by atoms with van der Waals surface area (Å²) in [7, 11) is 0. The molecule has 0 atom stereocenters. The molecule has 0 aliphatic heterocycles. The number of ether oxygens (including phenoxy) is 4. The summed E-state index contributed by atoms with van der Waals surface area (Å²) in [4.78, 5) is 43.9. The van der Waals surface area contributed by atoms with Crippen molar-refractivity contribution in [1.29, 1.82) is 0 Å². The van der Waals surface area contributed by atoms with E-state index < -0.39 is 74.4 Å². The number of rotatable bonds is 19. The number of carbonyl (C=O) groups excluding carboxylic acids is 4. The Morgan fingerprint density at radius 1 is 0.526 bits per heavy atom. The maximum absolute atomic E-state index is 13.6. The molecule has 0 aromatic carbocycles. The average molecular weight is 578 g/mol. The van der Waals surface area contributed by atoms with Gasteiger partial charge in [-0.15, -0.1) is 0 Å². The normalized spacial score (nSPS) is 12.6. The first-order valence-corrected chi connectivity index (χ1v) is 10.5. The molecule has 0 bridgehead atoms. The first kappa shape index (κ1) is 35.2. The maximum Gasteiger partial charge on any atom is 0.453 e. The lowest BCUT2D eigenvalue weighted by Gasteiger charge is -2.30. The Balaban J connectivity index is 4.74. The monoisotopic (exact) mass is 578 g/mol. The second kappa shape index (κ2) is 15.5. The Labute approximate surface area is 210 Å². The van der Waals surface area contributed by atoms with E-state index in [-0.39, 0.29) is 26.3 Å². The SMILES string of the molecule is CC(=O)NCCOCCNC(=O)C(F)(F)OC(F)(F)C(F)(F)OC(F)(F)C(=O)NCCOCCNC(C)=O. The molecule has 0 saturated heterocycles. The van der Waals surface area contributed by atoms with Crippen LogP contribution in [0.4, 0.5) is 35.1 Å². The van der Waals surface area contributed by atoms with E-state index in [1.54, 1.807) is 0 Å². The largest absolute Gasteiger partial charge is 0.453 e. The molecule has 222 valence electrons. The third-order valence-corrected chi connectivity index (χ3v) is 3.68. The molecule has 0 spiro atoms. The van der Waals surface area contributed by atoms with Crippen molar-refractivity contribution in [3.05, 3.63) is 0 Å². The molecular weight excluding hydrogens is 552 g/mol. The number of nitrogens with one attached hydrogen (secondary N) is 4. The van der Waals surface area contributed by atoms with Gasteiger partial charge in [0, 0.05) is 40.0 Å². The highest BCUT2D eigenvalue weighted by atomic mass is 19.3. The van der Waals surface area contributed by atoms with Crippen molar-refractivity contribution in [1.82, 2.24) is 21.3 Å². The van der Waals surface area contributed by atoms with Gasteiger partial charge in [-0.05, 0) is 0 Å². The van der Waals surface area contributed by atoms with Crippen molar-refractivity contribution < 1.29 is 73.2 Å². The Morgan fingerprint density at radius 3 is 1.05 bits per heavy atom. The zero-order valence-electron chi connectivity index (χ0n) is 19.9. The molecule has 0 radical (unpaired) electrons. The molecule has 0 unspecified atom stereocenters. The number of amides is 4. The highest BCUT2D eigenvalue weighted by Crippen LogP contribution is 2.43. The fraction of sp³-hybridized carbons (Fsp3) is 0.778. The molecule has 0 heterocycles. The van der Waals surface area contributed by atoms with Crippen LogP contribution < -0.4 is 21.3 Å². The molecular formula is C18H26F8N4O8. The fourth-order valence-corrected chi connectivity index (χ4v) is 2.02. The summed E-state index contributed by atoms with van der Waals surface area (Å²) in [6.07, 6.45) is -24.4. The van der Waals surface area contributed by atoms with E-state index in [1.807, 2.05) is 0 Å². The average Bonchev–Trinajstić information content (AvgIpc) is 2.75. The van der Waals surface area contributed by atoms with Crippen LogP contribution in [0, 0.1) is 0 Å². The second-order valence-electron chi connectivity index (χ2n) is 6.97. The van der Waals surface area contributed by atoms with E-state index >= 15 is 0 Å². The molecule has 38 heavy (non-hydrogen) atoms. The molecule has 12 nitrogen and oxygen atoms in total. The maximum atomic E-state index is 13.6. The molecule has 0 aliphatic carbocycles. The summed E-state index contributed by atoms with van der Waals surface area (Å²) in [6, 6.07) is 0. The van der Waals surface area contributed by atoms with Gasteiger partial charge in [0.25, 0.3) is 0 Å². The minimum Gasteiger partial charge on any atom is -0.378 e. The van der Waals surface area contributed by atoms with Crippen molar-refractivity contribution in [3.8, 4) is 0 Å². The van der Waals surface area contributed by atoms with Gasteiger partial charge in [0.05, 0.1) is 26.4 Å². The van der Waals surface area contributed by atoms with E-state index in [1.165, 1.54) is 24.5 Å². The van der Waals surface area contributed by atoms with E-state index in [9.17, 15) is 54.3 Å². The lowest BCUT2D eigenvalue weighted by atomic mass is 10.4. The van der Waals surface area contributed by atoms with Gasteiger partial charge < -0.3 is 30.7 Å². The van der Waals surface area contributed by atoms with Gasteiger partial charge in [-0.3, -0.25) is 19.2 Å². The highest BCUT2D eigenvalue weighted by molar-refractivity contribution is 5.82. The zero-order chi connectivity index (χ0) is 29.6. The van der Waals surface area contributed by atoms with E-state index in [4.69, 9.17) is 9.47 Å².